The topological polar surface area (TPSA) is 65.0 Å². The number of hydrogen-bond acceptors (Lipinski definition) is 4. The van der Waals surface area contributed by atoms with E-state index in [1.54, 1.807) is 0 Å². The fraction of sp³-hybridized carbons (Fsp3) is 0.233. The number of ether oxygens (including phenoxy) is 3. The summed E-state index contributed by atoms with van der Waals surface area (Å²) in [4.78, 5) is 11.3. The Labute approximate surface area is 283 Å². The zero-order valence-electron chi connectivity index (χ0n) is 27.4. The zero-order valence-corrected chi connectivity index (χ0v) is 27.4. The molecule has 0 bridgehead atoms. The van der Waals surface area contributed by atoms with Crippen LogP contribution >= 0.6 is 0 Å². The van der Waals surface area contributed by atoms with Crippen LogP contribution in [0, 0.1) is 0 Å². The van der Waals surface area contributed by atoms with Gasteiger partial charge in [-0.15, -0.1) is 0 Å². The Morgan fingerprint density at radius 2 is 1.33 bits per heavy atom. The summed E-state index contributed by atoms with van der Waals surface area (Å²) >= 11 is 0. The predicted molar refractivity (Wildman–Crippen MR) is 191 cm³/mol. The molecule has 0 fully saturated rings. The first kappa shape index (κ1) is 33.0. The van der Waals surface area contributed by atoms with Gasteiger partial charge in [0.25, 0.3) is 0 Å². The maximum atomic E-state index is 11.3. The summed E-state index contributed by atoms with van der Waals surface area (Å²) in [6.45, 7) is 0.781. The number of fused-ring (bicyclic) bond motifs is 2. The van der Waals surface area contributed by atoms with Crippen LogP contribution < -0.4 is 4.74 Å². The molecule has 0 saturated heterocycles. The van der Waals surface area contributed by atoms with Crippen LogP contribution in [-0.4, -0.2) is 37.5 Å². The molecule has 1 aliphatic rings. The largest absolute Gasteiger partial charge is 0.491 e. The predicted octanol–water partition coefficient (Wildman–Crippen LogP) is 8.57. The highest BCUT2D eigenvalue weighted by Crippen LogP contribution is 2.38. The van der Waals surface area contributed by atoms with Gasteiger partial charge >= 0.3 is 5.97 Å². The van der Waals surface area contributed by atoms with Crippen molar-refractivity contribution in [1.82, 2.24) is 0 Å². The highest BCUT2D eigenvalue weighted by molar-refractivity contribution is 5.78. The minimum atomic E-state index is -0.974. The minimum Gasteiger partial charge on any atom is -0.491 e. The molecule has 5 aromatic rings. The van der Waals surface area contributed by atoms with E-state index >= 15 is 0 Å². The molecule has 2 atom stereocenters. The molecule has 244 valence electrons. The summed E-state index contributed by atoms with van der Waals surface area (Å²) in [5.74, 6) is -0.264. The number of carboxylic acid groups (broad SMARTS) is 1. The van der Waals surface area contributed by atoms with Crippen molar-refractivity contribution >= 4 is 18.1 Å². The van der Waals surface area contributed by atoms with Gasteiger partial charge in [0, 0.05) is 13.5 Å². The second-order valence-electron chi connectivity index (χ2n) is 12.2. The lowest BCUT2D eigenvalue weighted by atomic mass is 9.90. The van der Waals surface area contributed by atoms with Crippen molar-refractivity contribution in [2.24, 2.45) is 0 Å². The average molecular weight is 639 g/mol. The Balaban J connectivity index is 1.20. The fourth-order valence-electron chi connectivity index (χ4n) is 6.35. The van der Waals surface area contributed by atoms with E-state index in [0.717, 1.165) is 31.2 Å². The maximum absolute atomic E-state index is 11.3. The van der Waals surface area contributed by atoms with Crippen molar-refractivity contribution in [1.29, 1.82) is 0 Å². The average Bonchev–Trinajstić information content (AvgIpc) is 3.28. The van der Waals surface area contributed by atoms with E-state index in [0.29, 0.717) is 25.4 Å². The first-order valence-electron chi connectivity index (χ1n) is 16.7. The number of aryl methyl sites for hydroxylation is 4. The van der Waals surface area contributed by atoms with Crippen LogP contribution in [0.25, 0.3) is 12.2 Å². The molecule has 48 heavy (non-hydrogen) atoms. The Kier molecular flexibility index (Phi) is 11.1. The molecule has 5 aromatic carbocycles. The molecule has 5 heteroatoms. The van der Waals surface area contributed by atoms with Gasteiger partial charge in [-0.25, -0.2) is 4.79 Å². The van der Waals surface area contributed by atoms with Crippen LogP contribution in [0.5, 0.6) is 5.75 Å². The third-order valence-corrected chi connectivity index (χ3v) is 8.99. The molecule has 1 N–H and O–H groups in total. The summed E-state index contributed by atoms with van der Waals surface area (Å²) in [5, 5.41) is 9.29. The van der Waals surface area contributed by atoms with Crippen molar-refractivity contribution in [2.45, 2.75) is 44.3 Å². The Hall–Kier alpha value is -4.97. The standard InChI is InChI=1S/C43H42O5/c1-46-41(43(44)45)30-34-19-24-37(25-20-34)47-27-28-48-42-39-14-8-13-35(21-17-32-11-6-3-7-12-32)38(39)26-23-36-22-18-33(29-40(36)42)16-15-31-9-4-2-5-10-31/h2-14,18-20,22-26,29,41-42H,15-17,21,27-28,30H2,1H3,(H,44,45). The number of carboxylic acids is 1. The van der Waals surface area contributed by atoms with Gasteiger partial charge in [0.15, 0.2) is 6.10 Å². The van der Waals surface area contributed by atoms with E-state index in [9.17, 15) is 9.90 Å². The van der Waals surface area contributed by atoms with Gasteiger partial charge in [0.1, 0.15) is 18.5 Å². The maximum Gasteiger partial charge on any atom is 0.333 e. The molecule has 0 amide bonds. The van der Waals surface area contributed by atoms with Gasteiger partial charge in [-0.2, -0.15) is 0 Å². The summed E-state index contributed by atoms with van der Waals surface area (Å²) in [6.07, 6.45) is 7.53. The molecule has 1 aliphatic carbocycles. The van der Waals surface area contributed by atoms with Gasteiger partial charge in [0.2, 0.25) is 0 Å². The van der Waals surface area contributed by atoms with E-state index in [1.165, 1.54) is 51.6 Å². The highest BCUT2D eigenvalue weighted by Gasteiger charge is 2.24. The molecule has 5 nitrogen and oxygen atoms in total. The molecule has 0 aromatic heterocycles. The molecule has 0 saturated carbocycles. The fourth-order valence-corrected chi connectivity index (χ4v) is 6.35. The van der Waals surface area contributed by atoms with Crippen LogP contribution in [0.4, 0.5) is 0 Å². The van der Waals surface area contributed by atoms with E-state index < -0.39 is 12.1 Å². The SMILES string of the molecule is COC(Cc1ccc(OCCOC2c3cc(CCc4ccccc4)ccc3C=Cc3c(CCc4ccccc4)cccc32)cc1)C(=O)O. The van der Waals surface area contributed by atoms with E-state index in [1.807, 2.05) is 24.3 Å². The van der Waals surface area contributed by atoms with Crippen LogP contribution in [0.15, 0.2) is 121 Å². The Morgan fingerprint density at radius 3 is 2.02 bits per heavy atom. The third-order valence-electron chi connectivity index (χ3n) is 8.99. The lowest BCUT2D eigenvalue weighted by Gasteiger charge is -2.23. The number of aliphatic carboxylic acids is 1. The molecule has 0 aliphatic heterocycles. The van der Waals surface area contributed by atoms with Crippen LogP contribution in [-0.2, 0) is 46.4 Å². The van der Waals surface area contributed by atoms with Gasteiger partial charge in [-0.1, -0.05) is 121 Å². The number of benzene rings is 5. The molecular weight excluding hydrogens is 596 g/mol. The summed E-state index contributed by atoms with van der Waals surface area (Å²) in [5.41, 5.74) is 10.9. The Morgan fingerprint density at radius 1 is 0.667 bits per heavy atom. The van der Waals surface area contributed by atoms with Crippen LogP contribution in [0.2, 0.25) is 0 Å². The second-order valence-corrected chi connectivity index (χ2v) is 12.2. The van der Waals surface area contributed by atoms with Crippen molar-refractivity contribution < 1.29 is 24.1 Å². The summed E-state index contributed by atoms with van der Waals surface area (Å²) in [6, 6.07) is 42.1. The smallest absolute Gasteiger partial charge is 0.333 e. The number of methoxy groups -OCH3 is 1. The summed E-state index contributed by atoms with van der Waals surface area (Å²) in [7, 11) is 1.41. The number of carbonyl (C=O) groups is 1. The van der Waals surface area contributed by atoms with Gasteiger partial charge in [0.05, 0.1) is 6.61 Å². The first-order chi connectivity index (χ1) is 23.6. The van der Waals surface area contributed by atoms with E-state index in [2.05, 4.69) is 109 Å². The van der Waals surface area contributed by atoms with Crippen LogP contribution in [0.1, 0.15) is 56.2 Å². The van der Waals surface area contributed by atoms with Crippen molar-refractivity contribution in [3.05, 3.63) is 171 Å². The van der Waals surface area contributed by atoms with E-state index in [4.69, 9.17) is 14.2 Å². The van der Waals surface area contributed by atoms with Gasteiger partial charge in [-0.3, -0.25) is 0 Å². The lowest BCUT2D eigenvalue weighted by Crippen LogP contribution is -2.24. The van der Waals surface area contributed by atoms with Crippen molar-refractivity contribution in [3.63, 3.8) is 0 Å². The molecule has 0 radical (unpaired) electrons. The lowest BCUT2D eigenvalue weighted by molar-refractivity contribution is -0.148. The highest BCUT2D eigenvalue weighted by atomic mass is 16.5. The number of rotatable bonds is 15. The third kappa shape index (κ3) is 8.48. The van der Waals surface area contributed by atoms with Crippen molar-refractivity contribution in [2.75, 3.05) is 20.3 Å². The van der Waals surface area contributed by atoms with E-state index in [-0.39, 0.29) is 6.10 Å². The van der Waals surface area contributed by atoms with Gasteiger partial charge in [-0.05, 0) is 87.9 Å². The first-order valence-corrected chi connectivity index (χ1v) is 16.7. The minimum absolute atomic E-state index is 0.244. The monoisotopic (exact) mass is 638 g/mol. The van der Waals surface area contributed by atoms with Crippen molar-refractivity contribution in [3.8, 4) is 5.75 Å². The quantitative estimate of drug-likeness (QED) is 0.116. The normalized spacial score (nSPS) is 14.1. The second kappa shape index (κ2) is 16.2. The molecule has 0 heterocycles. The molecular formula is C43H42O5. The summed E-state index contributed by atoms with van der Waals surface area (Å²) < 4.78 is 17.9. The number of hydrogen-bond donors (Lipinski definition) is 1. The van der Waals surface area contributed by atoms with Gasteiger partial charge < -0.3 is 19.3 Å². The zero-order chi connectivity index (χ0) is 33.1. The molecule has 0 spiro atoms. The Bertz CT molecular complexity index is 1810. The van der Waals surface area contributed by atoms with Crippen LogP contribution in [0.3, 0.4) is 0 Å². The molecule has 2 unspecified atom stereocenters. The molecule has 6 rings (SSSR count).